The molecule has 11 heteroatoms. The average molecular weight is 371 g/mol. The largest absolute Gasteiger partial charge is 0.360 e. The number of carbonyl (C=O) groups is 1. The fraction of sp³-hybridized carbons (Fsp3) is 0.538. The highest BCUT2D eigenvalue weighted by atomic mass is 32.2. The molecule has 9 nitrogen and oxygen atoms in total. The maximum absolute atomic E-state index is 12.9. The minimum absolute atomic E-state index is 0.119. The highest BCUT2D eigenvalue weighted by Crippen LogP contribution is 2.24. The Morgan fingerprint density at radius 1 is 1.25 bits per heavy atom. The van der Waals surface area contributed by atoms with Gasteiger partial charge in [0.2, 0.25) is 10.0 Å². The zero-order chi connectivity index (χ0) is 17.3. The second kappa shape index (κ2) is 6.57. The van der Waals surface area contributed by atoms with Gasteiger partial charge in [-0.05, 0) is 31.8 Å². The summed E-state index contributed by atoms with van der Waals surface area (Å²) in [5.41, 5.74) is 0.348. The van der Waals surface area contributed by atoms with E-state index >= 15 is 0 Å². The first-order valence-electron chi connectivity index (χ1n) is 7.41. The van der Waals surface area contributed by atoms with Crippen molar-refractivity contribution in [2.75, 3.05) is 26.2 Å². The fourth-order valence-electron chi connectivity index (χ4n) is 2.73. The molecule has 0 radical (unpaired) electrons. The van der Waals surface area contributed by atoms with Gasteiger partial charge in [0.25, 0.3) is 5.91 Å². The molecule has 0 spiro atoms. The first-order chi connectivity index (χ1) is 11.4. The molecule has 0 aromatic carbocycles. The molecule has 1 saturated heterocycles. The van der Waals surface area contributed by atoms with E-state index in [9.17, 15) is 13.2 Å². The molecule has 0 N–H and O–H groups in total. The monoisotopic (exact) mass is 371 g/mol. The summed E-state index contributed by atoms with van der Waals surface area (Å²) in [4.78, 5) is 14.6. The zero-order valence-corrected chi connectivity index (χ0v) is 14.9. The van der Waals surface area contributed by atoms with Crippen molar-refractivity contribution in [3.05, 3.63) is 22.5 Å². The number of hydrogen-bond donors (Lipinski definition) is 0. The highest BCUT2D eigenvalue weighted by Gasteiger charge is 2.33. The van der Waals surface area contributed by atoms with Crippen LogP contribution in [0.4, 0.5) is 0 Å². The van der Waals surface area contributed by atoms with Crippen molar-refractivity contribution in [2.24, 2.45) is 0 Å². The number of aryl methyl sites for hydroxylation is 2. The van der Waals surface area contributed by atoms with Gasteiger partial charge >= 0.3 is 0 Å². The molecule has 1 amide bonds. The smallest absolute Gasteiger partial charge is 0.267 e. The first kappa shape index (κ1) is 17.0. The minimum atomic E-state index is -3.69. The Morgan fingerprint density at radius 3 is 2.67 bits per heavy atom. The highest BCUT2D eigenvalue weighted by molar-refractivity contribution is 7.89. The van der Waals surface area contributed by atoms with Crippen LogP contribution in [0.1, 0.15) is 27.5 Å². The fourth-order valence-corrected chi connectivity index (χ4v) is 4.97. The predicted octanol–water partition coefficient (Wildman–Crippen LogP) is 0.680. The average Bonchev–Trinajstić information content (AvgIpc) is 3.10. The summed E-state index contributed by atoms with van der Waals surface area (Å²) in [6.45, 7) is 4.57. The summed E-state index contributed by atoms with van der Waals surface area (Å²) < 4.78 is 35.8. The Hall–Kier alpha value is -1.85. The summed E-state index contributed by atoms with van der Waals surface area (Å²) in [5, 5.41) is 7.39. The van der Waals surface area contributed by atoms with Gasteiger partial charge in [-0.2, -0.15) is 4.31 Å². The van der Waals surface area contributed by atoms with Crippen molar-refractivity contribution < 1.29 is 17.7 Å². The molecule has 3 heterocycles. The number of carbonyl (C=O) groups excluding carboxylic acids is 1. The lowest BCUT2D eigenvalue weighted by atomic mass is 10.3. The standard InChI is InChI=1S/C13H17N5O4S2/c1-9-12(10(2)22-15-9)24(20,21)18-5-3-4-17(6-7-18)13(19)11-8-14-16-23-11/h8H,3-7H2,1-2H3. The van der Waals surface area contributed by atoms with Crippen molar-refractivity contribution in [1.82, 2.24) is 23.9 Å². The third kappa shape index (κ3) is 3.06. The van der Waals surface area contributed by atoms with Crippen molar-refractivity contribution in [2.45, 2.75) is 25.2 Å². The molecular formula is C13H17N5O4S2. The van der Waals surface area contributed by atoms with Gasteiger partial charge in [-0.15, -0.1) is 5.10 Å². The molecule has 24 heavy (non-hydrogen) atoms. The Kier molecular flexibility index (Phi) is 4.65. The molecule has 0 aliphatic carbocycles. The van der Waals surface area contributed by atoms with Crippen LogP contribution in [0.15, 0.2) is 15.6 Å². The van der Waals surface area contributed by atoms with Crippen LogP contribution >= 0.6 is 11.5 Å². The van der Waals surface area contributed by atoms with Crippen LogP contribution in [0, 0.1) is 13.8 Å². The number of amides is 1. The van der Waals surface area contributed by atoms with E-state index in [2.05, 4.69) is 14.7 Å². The van der Waals surface area contributed by atoms with Crippen LogP contribution in [0.5, 0.6) is 0 Å². The lowest BCUT2D eigenvalue weighted by molar-refractivity contribution is 0.0769. The van der Waals surface area contributed by atoms with E-state index in [4.69, 9.17) is 4.52 Å². The predicted molar refractivity (Wildman–Crippen MR) is 85.2 cm³/mol. The molecule has 1 aliphatic heterocycles. The zero-order valence-electron chi connectivity index (χ0n) is 13.3. The number of hydrogen-bond acceptors (Lipinski definition) is 8. The third-order valence-electron chi connectivity index (χ3n) is 3.88. The topological polar surface area (TPSA) is 110 Å². The van der Waals surface area contributed by atoms with Gasteiger partial charge in [0.15, 0.2) is 5.76 Å². The Morgan fingerprint density at radius 2 is 2.04 bits per heavy atom. The van der Waals surface area contributed by atoms with E-state index in [0.29, 0.717) is 36.6 Å². The molecule has 2 aromatic heterocycles. The van der Waals surface area contributed by atoms with E-state index in [1.807, 2.05) is 0 Å². The molecule has 0 unspecified atom stereocenters. The summed E-state index contributed by atoms with van der Waals surface area (Å²) in [5.74, 6) is 0.113. The normalized spacial score (nSPS) is 17.0. The summed E-state index contributed by atoms with van der Waals surface area (Å²) in [7, 11) is -3.69. The second-order valence-corrected chi connectivity index (χ2v) is 8.15. The molecule has 1 aliphatic rings. The summed E-state index contributed by atoms with van der Waals surface area (Å²) in [6.07, 6.45) is 1.98. The Labute approximate surface area is 143 Å². The number of nitrogens with zero attached hydrogens (tertiary/aromatic N) is 5. The van der Waals surface area contributed by atoms with Crippen LogP contribution in [-0.2, 0) is 10.0 Å². The molecule has 0 bridgehead atoms. The van der Waals surface area contributed by atoms with Gasteiger partial charge in [0.1, 0.15) is 15.5 Å². The number of sulfonamides is 1. The van der Waals surface area contributed by atoms with Crippen LogP contribution in [0.2, 0.25) is 0 Å². The van der Waals surface area contributed by atoms with Crippen LogP contribution in [-0.4, -0.2) is 64.5 Å². The number of rotatable bonds is 3. The summed E-state index contributed by atoms with van der Waals surface area (Å²) in [6, 6.07) is 0. The van der Waals surface area contributed by atoms with Crippen molar-refractivity contribution in [3.63, 3.8) is 0 Å². The van der Waals surface area contributed by atoms with Crippen LogP contribution in [0.3, 0.4) is 0 Å². The van der Waals surface area contributed by atoms with Crippen LogP contribution in [0.25, 0.3) is 0 Å². The number of aromatic nitrogens is 3. The van der Waals surface area contributed by atoms with Gasteiger partial charge in [-0.3, -0.25) is 4.79 Å². The molecule has 1 fully saturated rings. The van der Waals surface area contributed by atoms with Crippen LogP contribution < -0.4 is 0 Å². The molecular weight excluding hydrogens is 354 g/mol. The molecule has 3 rings (SSSR count). The second-order valence-electron chi connectivity index (χ2n) is 5.48. The molecule has 0 atom stereocenters. The first-order valence-corrected chi connectivity index (χ1v) is 9.62. The van der Waals surface area contributed by atoms with Gasteiger partial charge in [-0.1, -0.05) is 9.64 Å². The van der Waals surface area contributed by atoms with E-state index in [1.54, 1.807) is 18.7 Å². The SMILES string of the molecule is Cc1noc(C)c1S(=O)(=O)N1CCCN(C(=O)c2cnns2)CC1. The van der Waals surface area contributed by atoms with E-state index < -0.39 is 10.0 Å². The maximum Gasteiger partial charge on any atom is 0.267 e. The molecule has 2 aromatic rings. The van der Waals surface area contributed by atoms with Crippen molar-refractivity contribution in [1.29, 1.82) is 0 Å². The Bertz CT molecular complexity index is 811. The molecule has 130 valence electrons. The quantitative estimate of drug-likeness (QED) is 0.780. The third-order valence-corrected chi connectivity index (χ3v) is 6.68. The summed E-state index contributed by atoms with van der Waals surface area (Å²) >= 11 is 1.03. The van der Waals surface area contributed by atoms with Gasteiger partial charge in [-0.25, -0.2) is 8.42 Å². The van der Waals surface area contributed by atoms with Gasteiger partial charge in [0.05, 0.1) is 6.20 Å². The van der Waals surface area contributed by atoms with E-state index in [-0.39, 0.29) is 23.1 Å². The van der Waals surface area contributed by atoms with E-state index in [1.165, 1.54) is 10.5 Å². The van der Waals surface area contributed by atoms with Crippen molar-refractivity contribution in [3.8, 4) is 0 Å². The lowest BCUT2D eigenvalue weighted by Gasteiger charge is -2.21. The van der Waals surface area contributed by atoms with Gasteiger partial charge < -0.3 is 9.42 Å². The maximum atomic E-state index is 12.9. The molecule has 0 saturated carbocycles. The minimum Gasteiger partial charge on any atom is -0.360 e. The van der Waals surface area contributed by atoms with E-state index in [0.717, 1.165) is 11.5 Å². The van der Waals surface area contributed by atoms with Gasteiger partial charge in [0, 0.05) is 26.2 Å². The Balaban J connectivity index is 1.77. The lowest BCUT2D eigenvalue weighted by Crippen LogP contribution is -2.37. The van der Waals surface area contributed by atoms with Crippen molar-refractivity contribution >= 4 is 27.5 Å².